The minimum atomic E-state index is -3.51. The Morgan fingerprint density at radius 1 is 0.906 bits per heavy atom. The van der Waals surface area contributed by atoms with Crippen LogP contribution < -0.4 is 0 Å². The number of nitrogens with zero attached hydrogens (tertiary/aromatic N) is 1. The summed E-state index contributed by atoms with van der Waals surface area (Å²) in [6, 6.07) is 7.18. The Bertz CT molecular complexity index is 772. The quantitative estimate of drug-likeness (QED) is 0.175. The van der Waals surface area contributed by atoms with Gasteiger partial charge in [-0.05, 0) is 0 Å². The molecule has 0 saturated carbocycles. The molecular weight excluding hydrogens is 525 g/mol. The van der Waals surface area contributed by atoms with Crippen molar-refractivity contribution in [3.05, 3.63) is 29.8 Å². The number of carbonyl (C=O) groups excluding carboxylic acids is 1. The summed E-state index contributed by atoms with van der Waals surface area (Å²) in [5, 5.41) is 0. The van der Waals surface area contributed by atoms with Gasteiger partial charge in [0.1, 0.15) is 0 Å². The van der Waals surface area contributed by atoms with Crippen LogP contribution in [0.2, 0.25) is 17.7 Å². The van der Waals surface area contributed by atoms with E-state index in [4.69, 9.17) is 0 Å². The maximum absolute atomic E-state index is 13.4. The van der Waals surface area contributed by atoms with Crippen LogP contribution in [0.3, 0.4) is 0 Å². The SMILES string of the molecule is CCC[CH2][Sn]([CH2]CCC)([CH2]CCC)[CH2][C@@H]1CN(S(=O)(=O)c2ccc(C)cc2)C[C@@H]1CC=O. The van der Waals surface area contributed by atoms with Crippen LogP contribution in [-0.2, 0) is 14.8 Å². The van der Waals surface area contributed by atoms with Gasteiger partial charge in [0, 0.05) is 0 Å². The summed E-state index contributed by atoms with van der Waals surface area (Å²) in [4.78, 5) is 11.9. The van der Waals surface area contributed by atoms with E-state index in [1.807, 2.05) is 19.1 Å². The topological polar surface area (TPSA) is 54.5 Å². The number of aryl methyl sites for hydroxylation is 1. The molecule has 2 atom stereocenters. The van der Waals surface area contributed by atoms with Crippen LogP contribution in [0.5, 0.6) is 0 Å². The first-order valence-electron chi connectivity index (χ1n) is 12.8. The molecule has 1 heterocycles. The molecule has 1 aliphatic heterocycles. The summed E-state index contributed by atoms with van der Waals surface area (Å²) in [5.74, 6) is 0.524. The number of sulfonamides is 1. The third-order valence-corrected chi connectivity index (χ3v) is 25.4. The molecule has 0 aliphatic carbocycles. The molecule has 1 aromatic carbocycles. The van der Waals surface area contributed by atoms with Crippen molar-refractivity contribution in [3.8, 4) is 0 Å². The van der Waals surface area contributed by atoms with Crippen LogP contribution in [0.4, 0.5) is 0 Å². The molecule has 1 fully saturated rings. The summed E-state index contributed by atoms with van der Waals surface area (Å²) in [7, 11) is -3.51. The van der Waals surface area contributed by atoms with Gasteiger partial charge < -0.3 is 0 Å². The van der Waals surface area contributed by atoms with E-state index in [0.29, 0.717) is 30.3 Å². The van der Waals surface area contributed by atoms with E-state index in [0.717, 1.165) is 11.8 Å². The van der Waals surface area contributed by atoms with Gasteiger partial charge in [0.2, 0.25) is 0 Å². The predicted octanol–water partition coefficient (Wildman–Crippen LogP) is 6.67. The zero-order valence-electron chi connectivity index (χ0n) is 20.8. The van der Waals surface area contributed by atoms with Crippen molar-refractivity contribution in [2.24, 2.45) is 11.8 Å². The van der Waals surface area contributed by atoms with Crippen molar-refractivity contribution >= 4 is 34.7 Å². The Morgan fingerprint density at radius 3 is 1.88 bits per heavy atom. The van der Waals surface area contributed by atoms with Crippen LogP contribution in [-0.4, -0.2) is 50.5 Å². The van der Waals surface area contributed by atoms with E-state index >= 15 is 0 Å². The Hall–Kier alpha value is -0.401. The molecule has 6 heteroatoms. The average Bonchev–Trinajstić information content (AvgIpc) is 3.18. The molecule has 0 unspecified atom stereocenters. The van der Waals surface area contributed by atoms with E-state index in [1.165, 1.54) is 56.3 Å². The van der Waals surface area contributed by atoms with E-state index < -0.39 is 28.4 Å². The van der Waals surface area contributed by atoms with Gasteiger partial charge in [-0.3, -0.25) is 0 Å². The first-order chi connectivity index (χ1) is 15.3. The fourth-order valence-electron chi connectivity index (χ4n) is 5.47. The molecule has 1 aliphatic rings. The molecule has 1 aromatic rings. The van der Waals surface area contributed by atoms with Gasteiger partial charge in [-0.25, -0.2) is 0 Å². The Labute approximate surface area is 201 Å². The zero-order valence-corrected chi connectivity index (χ0v) is 24.5. The average molecular weight is 570 g/mol. The molecule has 0 aromatic heterocycles. The van der Waals surface area contributed by atoms with Gasteiger partial charge in [0.25, 0.3) is 0 Å². The molecule has 2 rings (SSSR count). The van der Waals surface area contributed by atoms with Crippen LogP contribution in [0, 0.1) is 18.8 Å². The molecule has 0 N–H and O–H groups in total. The molecule has 0 amide bonds. The van der Waals surface area contributed by atoms with Crippen molar-refractivity contribution in [2.75, 3.05) is 13.1 Å². The predicted molar refractivity (Wildman–Crippen MR) is 137 cm³/mol. The van der Waals surface area contributed by atoms with Gasteiger partial charge in [0.05, 0.1) is 0 Å². The number of hydrogen-bond donors (Lipinski definition) is 0. The Morgan fingerprint density at radius 2 is 1.41 bits per heavy atom. The van der Waals surface area contributed by atoms with Crippen molar-refractivity contribution in [1.29, 1.82) is 0 Å². The third-order valence-electron chi connectivity index (χ3n) is 7.48. The number of benzene rings is 1. The number of rotatable bonds is 15. The molecule has 32 heavy (non-hydrogen) atoms. The van der Waals surface area contributed by atoms with E-state index in [1.54, 1.807) is 16.4 Å². The number of hydrogen-bond acceptors (Lipinski definition) is 3. The third kappa shape index (κ3) is 7.56. The standard InChI is InChI=1S/C14H18NO3S.3C4H9.Sn/c1-11-3-5-14(6-4-11)19(17,18)15-9-12(2)13(10-15)7-8-16;3*1-3-4-2;/h3-6,8,12-13H,2,7,9-10H2,1H3;3*1,3-4H2,2H3;/t12-,13+;;;;/m1..../s1. The molecule has 182 valence electrons. The summed E-state index contributed by atoms with van der Waals surface area (Å²) in [6.07, 6.45) is 9.19. The second kappa shape index (κ2) is 13.5. The van der Waals surface area contributed by atoms with Gasteiger partial charge >= 0.3 is 202 Å². The second-order valence-corrected chi connectivity index (χ2v) is 26.0. The van der Waals surface area contributed by atoms with Gasteiger partial charge in [-0.1, -0.05) is 0 Å². The maximum atomic E-state index is 13.4. The van der Waals surface area contributed by atoms with Crippen molar-refractivity contribution in [1.82, 2.24) is 4.31 Å². The molecular formula is C26H45NO3SSn. The molecule has 4 nitrogen and oxygen atoms in total. The Balaban J connectivity index is 2.28. The van der Waals surface area contributed by atoms with E-state index in [-0.39, 0.29) is 5.92 Å². The summed E-state index contributed by atoms with van der Waals surface area (Å²) in [5.41, 5.74) is 1.06. The monoisotopic (exact) mass is 571 g/mol. The second-order valence-electron chi connectivity index (χ2n) is 10.1. The van der Waals surface area contributed by atoms with Crippen LogP contribution >= 0.6 is 0 Å². The normalized spacial score (nSPS) is 20.0. The summed E-state index contributed by atoms with van der Waals surface area (Å²) < 4.78 is 34.0. The summed E-state index contributed by atoms with van der Waals surface area (Å²) in [6.45, 7) is 9.93. The van der Waals surface area contributed by atoms with Crippen LogP contribution in [0.1, 0.15) is 71.3 Å². The molecule has 1 saturated heterocycles. The van der Waals surface area contributed by atoms with E-state index in [2.05, 4.69) is 20.8 Å². The van der Waals surface area contributed by atoms with Crippen molar-refractivity contribution in [3.63, 3.8) is 0 Å². The molecule has 0 spiro atoms. The van der Waals surface area contributed by atoms with Gasteiger partial charge in [-0.2, -0.15) is 0 Å². The van der Waals surface area contributed by atoms with Crippen molar-refractivity contribution in [2.45, 2.75) is 95.3 Å². The van der Waals surface area contributed by atoms with E-state index in [9.17, 15) is 13.2 Å². The zero-order chi connectivity index (χ0) is 23.6. The fraction of sp³-hybridized carbons (Fsp3) is 0.731. The molecule has 0 bridgehead atoms. The molecule has 0 radical (unpaired) electrons. The Kier molecular flexibility index (Phi) is 11.7. The van der Waals surface area contributed by atoms with Crippen LogP contribution in [0.25, 0.3) is 0 Å². The van der Waals surface area contributed by atoms with Gasteiger partial charge in [-0.15, -0.1) is 0 Å². The van der Waals surface area contributed by atoms with Crippen molar-refractivity contribution < 1.29 is 13.2 Å². The number of unbranched alkanes of at least 4 members (excludes halogenated alkanes) is 3. The minimum absolute atomic E-state index is 0.175. The fourth-order valence-corrected chi connectivity index (χ4v) is 24.9. The first kappa shape index (κ1) is 27.8. The number of carbonyl (C=O) groups is 1. The van der Waals surface area contributed by atoms with Gasteiger partial charge in [0.15, 0.2) is 0 Å². The van der Waals surface area contributed by atoms with Crippen LogP contribution in [0.15, 0.2) is 29.2 Å². The first-order valence-corrected chi connectivity index (χ1v) is 22.3. The number of aldehydes is 1. The summed E-state index contributed by atoms with van der Waals surface area (Å²) >= 11 is -2.42.